The Bertz CT molecular complexity index is 682. The van der Waals surface area contributed by atoms with Crippen molar-refractivity contribution in [3.63, 3.8) is 0 Å². The molecule has 1 amide bonds. The van der Waals surface area contributed by atoms with Crippen LogP contribution in [0.3, 0.4) is 0 Å². The van der Waals surface area contributed by atoms with Gasteiger partial charge in [0.1, 0.15) is 12.3 Å². The standard InChI is InChI=1S/C13H10BrF2N3O2/c14-7-4-9(15)12(16)11(5-7)21-6-8-2-1-3-10(18-8)13(20)19-17/h1-5H,6,17H2,(H,19,20). The fraction of sp³-hybridized carbons (Fsp3) is 0.0769. The minimum Gasteiger partial charge on any atom is -0.484 e. The first-order valence-corrected chi connectivity index (χ1v) is 6.55. The number of hydrazine groups is 1. The van der Waals surface area contributed by atoms with E-state index in [1.165, 1.54) is 12.1 Å². The molecule has 0 saturated heterocycles. The van der Waals surface area contributed by atoms with Gasteiger partial charge in [0, 0.05) is 4.47 Å². The number of nitrogens with one attached hydrogen (secondary N) is 1. The van der Waals surface area contributed by atoms with Crippen molar-refractivity contribution in [3.05, 3.63) is 57.8 Å². The van der Waals surface area contributed by atoms with Crippen molar-refractivity contribution in [2.45, 2.75) is 6.61 Å². The number of benzene rings is 1. The normalized spacial score (nSPS) is 10.3. The van der Waals surface area contributed by atoms with Crippen LogP contribution in [0.5, 0.6) is 5.75 Å². The molecule has 8 heteroatoms. The average molecular weight is 358 g/mol. The highest BCUT2D eigenvalue weighted by Gasteiger charge is 2.12. The number of pyridine rings is 1. The van der Waals surface area contributed by atoms with Gasteiger partial charge in [-0.25, -0.2) is 15.2 Å². The number of carbonyl (C=O) groups excluding carboxylic acids is 1. The molecule has 110 valence electrons. The third-order valence-electron chi connectivity index (χ3n) is 2.51. The summed E-state index contributed by atoms with van der Waals surface area (Å²) < 4.78 is 32.3. The molecule has 0 unspecified atom stereocenters. The fourth-order valence-electron chi connectivity index (χ4n) is 1.55. The van der Waals surface area contributed by atoms with Crippen LogP contribution in [0.4, 0.5) is 8.78 Å². The van der Waals surface area contributed by atoms with Crippen LogP contribution in [0.1, 0.15) is 16.2 Å². The van der Waals surface area contributed by atoms with Crippen molar-refractivity contribution in [1.82, 2.24) is 10.4 Å². The second kappa shape index (κ2) is 6.59. The number of aromatic nitrogens is 1. The van der Waals surface area contributed by atoms with Gasteiger partial charge in [-0.2, -0.15) is 4.39 Å². The summed E-state index contributed by atoms with van der Waals surface area (Å²) in [5, 5.41) is 0. The van der Waals surface area contributed by atoms with E-state index in [1.54, 1.807) is 12.1 Å². The third-order valence-corrected chi connectivity index (χ3v) is 2.96. The van der Waals surface area contributed by atoms with Crippen LogP contribution in [-0.2, 0) is 6.61 Å². The third kappa shape index (κ3) is 3.73. The van der Waals surface area contributed by atoms with Crippen molar-refractivity contribution in [1.29, 1.82) is 0 Å². The highest BCUT2D eigenvalue weighted by atomic mass is 79.9. The Hall–Kier alpha value is -2.06. The molecule has 0 spiro atoms. The highest BCUT2D eigenvalue weighted by molar-refractivity contribution is 9.10. The monoisotopic (exact) mass is 357 g/mol. The minimum atomic E-state index is -1.09. The van der Waals surface area contributed by atoms with Gasteiger partial charge in [0.25, 0.3) is 5.91 Å². The quantitative estimate of drug-likeness (QED) is 0.381. The predicted octanol–water partition coefficient (Wildman–Crippen LogP) is 2.30. The molecule has 3 N–H and O–H groups in total. The van der Waals surface area contributed by atoms with E-state index in [1.807, 2.05) is 5.43 Å². The zero-order chi connectivity index (χ0) is 15.4. The van der Waals surface area contributed by atoms with E-state index in [0.29, 0.717) is 10.2 Å². The number of nitrogen functional groups attached to an aromatic ring is 1. The molecular weight excluding hydrogens is 348 g/mol. The summed E-state index contributed by atoms with van der Waals surface area (Å²) in [6.07, 6.45) is 0. The van der Waals surface area contributed by atoms with Crippen molar-refractivity contribution in [2.24, 2.45) is 5.84 Å². The molecular formula is C13H10BrF2N3O2. The number of rotatable bonds is 4. The van der Waals surface area contributed by atoms with Crippen LogP contribution in [-0.4, -0.2) is 10.9 Å². The van der Waals surface area contributed by atoms with Crippen molar-refractivity contribution < 1.29 is 18.3 Å². The van der Waals surface area contributed by atoms with E-state index in [-0.39, 0.29) is 18.1 Å². The topological polar surface area (TPSA) is 77.2 Å². The van der Waals surface area contributed by atoms with Crippen LogP contribution in [0.2, 0.25) is 0 Å². The molecule has 1 aromatic heterocycles. The van der Waals surface area contributed by atoms with Gasteiger partial charge >= 0.3 is 0 Å². The van der Waals surface area contributed by atoms with Gasteiger partial charge < -0.3 is 4.74 Å². The molecule has 21 heavy (non-hydrogen) atoms. The molecule has 1 aromatic carbocycles. The second-order valence-electron chi connectivity index (χ2n) is 3.98. The predicted molar refractivity (Wildman–Crippen MR) is 74.3 cm³/mol. The van der Waals surface area contributed by atoms with Crippen LogP contribution in [0, 0.1) is 11.6 Å². The summed E-state index contributed by atoms with van der Waals surface area (Å²) in [7, 11) is 0. The maximum atomic E-state index is 13.5. The molecule has 5 nitrogen and oxygen atoms in total. The summed E-state index contributed by atoms with van der Waals surface area (Å²) in [6, 6.07) is 6.92. The maximum absolute atomic E-state index is 13.5. The smallest absolute Gasteiger partial charge is 0.283 e. The Morgan fingerprint density at radius 1 is 1.38 bits per heavy atom. The summed E-state index contributed by atoms with van der Waals surface area (Å²) in [6.45, 7) is -0.126. The Labute approximate surface area is 127 Å². The molecule has 0 saturated carbocycles. The number of nitrogens with zero attached hydrogens (tertiary/aromatic N) is 1. The number of halogens is 3. The lowest BCUT2D eigenvalue weighted by Gasteiger charge is -2.08. The van der Waals surface area contributed by atoms with Crippen molar-refractivity contribution in [3.8, 4) is 5.75 Å². The molecule has 0 radical (unpaired) electrons. The van der Waals surface area contributed by atoms with Crippen LogP contribution in [0.25, 0.3) is 0 Å². The summed E-state index contributed by atoms with van der Waals surface area (Å²) >= 11 is 3.04. The lowest BCUT2D eigenvalue weighted by Crippen LogP contribution is -2.30. The summed E-state index contributed by atoms with van der Waals surface area (Å²) in [4.78, 5) is 15.3. The first-order valence-electron chi connectivity index (χ1n) is 5.75. The lowest BCUT2D eigenvalue weighted by molar-refractivity contribution is 0.0948. The van der Waals surface area contributed by atoms with Gasteiger partial charge in [-0.3, -0.25) is 10.2 Å². The van der Waals surface area contributed by atoms with E-state index in [9.17, 15) is 13.6 Å². The summed E-state index contributed by atoms with van der Waals surface area (Å²) in [5.74, 6) is 2.08. The zero-order valence-corrected chi connectivity index (χ0v) is 12.2. The Balaban J connectivity index is 2.15. The van der Waals surface area contributed by atoms with Crippen molar-refractivity contribution >= 4 is 21.8 Å². The molecule has 0 fully saturated rings. The van der Waals surface area contributed by atoms with Gasteiger partial charge in [-0.05, 0) is 24.3 Å². The van der Waals surface area contributed by atoms with E-state index in [0.717, 1.165) is 6.07 Å². The second-order valence-corrected chi connectivity index (χ2v) is 4.89. The van der Waals surface area contributed by atoms with Crippen LogP contribution in [0.15, 0.2) is 34.8 Å². The van der Waals surface area contributed by atoms with E-state index in [2.05, 4.69) is 20.9 Å². The molecule has 2 rings (SSSR count). The highest BCUT2D eigenvalue weighted by Crippen LogP contribution is 2.25. The number of amides is 1. The summed E-state index contributed by atoms with van der Waals surface area (Å²) in [5.41, 5.74) is 2.42. The minimum absolute atomic E-state index is 0.0968. The van der Waals surface area contributed by atoms with Gasteiger partial charge in [0.05, 0.1) is 5.69 Å². The molecule has 2 aromatic rings. The largest absolute Gasteiger partial charge is 0.484 e. The van der Waals surface area contributed by atoms with Gasteiger partial charge in [-0.1, -0.05) is 22.0 Å². The number of nitrogens with two attached hydrogens (primary N) is 1. The molecule has 0 aliphatic rings. The zero-order valence-electron chi connectivity index (χ0n) is 10.6. The first-order chi connectivity index (χ1) is 10.0. The molecule has 0 aliphatic carbocycles. The van der Waals surface area contributed by atoms with E-state index >= 15 is 0 Å². The first kappa shape index (κ1) is 15.3. The number of ether oxygens (including phenoxy) is 1. The van der Waals surface area contributed by atoms with Crippen molar-refractivity contribution in [2.75, 3.05) is 0 Å². The molecule has 1 heterocycles. The number of hydrogen-bond donors (Lipinski definition) is 2. The van der Waals surface area contributed by atoms with Gasteiger partial charge in [0.15, 0.2) is 11.6 Å². The maximum Gasteiger partial charge on any atom is 0.283 e. The Morgan fingerprint density at radius 3 is 2.86 bits per heavy atom. The van der Waals surface area contributed by atoms with E-state index in [4.69, 9.17) is 10.6 Å². The molecule has 0 atom stereocenters. The molecule has 0 bridgehead atoms. The Kier molecular flexibility index (Phi) is 4.81. The average Bonchev–Trinajstić information content (AvgIpc) is 2.49. The fourth-order valence-corrected chi connectivity index (χ4v) is 1.96. The number of carbonyl (C=O) groups is 1. The van der Waals surface area contributed by atoms with Gasteiger partial charge in [0.2, 0.25) is 5.82 Å². The van der Waals surface area contributed by atoms with E-state index < -0.39 is 17.5 Å². The SMILES string of the molecule is NNC(=O)c1cccc(COc2cc(Br)cc(F)c2F)n1. The number of hydrogen-bond acceptors (Lipinski definition) is 4. The van der Waals surface area contributed by atoms with Crippen LogP contribution >= 0.6 is 15.9 Å². The lowest BCUT2D eigenvalue weighted by atomic mass is 10.3. The Morgan fingerprint density at radius 2 is 2.14 bits per heavy atom. The van der Waals surface area contributed by atoms with Crippen LogP contribution < -0.4 is 16.0 Å². The van der Waals surface area contributed by atoms with Gasteiger partial charge in [-0.15, -0.1) is 0 Å². The molecule has 0 aliphatic heterocycles.